The molecule has 0 bridgehead atoms. The Morgan fingerprint density at radius 2 is 1.92 bits per heavy atom. The average Bonchev–Trinajstić information content (AvgIpc) is 1.99. The molecule has 3 heteroatoms. The topological polar surface area (TPSA) is 49.7 Å². The third-order valence-electron chi connectivity index (χ3n) is 2.48. The molecule has 0 saturated carbocycles. The summed E-state index contributed by atoms with van der Waals surface area (Å²) in [5.41, 5.74) is 0. The van der Waals surface area contributed by atoms with Crippen LogP contribution in [0, 0.1) is 5.92 Å². The summed E-state index contributed by atoms with van der Waals surface area (Å²) in [5.74, 6) is 0.398. The van der Waals surface area contributed by atoms with Gasteiger partial charge in [0.15, 0.2) is 0 Å². The van der Waals surface area contributed by atoms with Gasteiger partial charge in [0.2, 0.25) is 0 Å². The Hall–Kier alpha value is -0.120. The lowest BCUT2D eigenvalue weighted by Gasteiger charge is -2.37. The first-order chi connectivity index (χ1) is 5.52. The van der Waals surface area contributed by atoms with Crippen LogP contribution in [-0.4, -0.2) is 34.6 Å². The molecule has 0 amide bonds. The maximum Gasteiger partial charge on any atom is 0.106 e. The van der Waals surface area contributed by atoms with Crippen LogP contribution in [0.15, 0.2) is 0 Å². The fourth-order valence-electron chi connectivity index (χ4n) is 1.53. The lowest BCUT2D eigenvalue weighted by Crippen LogP contribution is -2.48. The molecule has 0 spiro atoms. The predicted molar refractivity (Wildman–Crippen MR) is 45.8 cm³/mol. The molecule has 1 aliphatic rings. The zero-order valence-electron chi connectivity index (χ0n) is 7.90. The fraction of sp³-hybridized carbons (Fsp3) is 1.00. The van der Waals surface area contributed by atoms with E-state index in [4.69, 9.17) is 4.74 Å². The van der Waals surface area contributed by atoms with Crippen molar-refractivity contribution in [1.29, 1.82) is 0 Å². The Balaban J connectivity index is 2.53. The first-order valence-corrected chi connectivity index (χ1v) is 4.54. The van der Waals surface area contributed by atoms with Crippen molar-refractivity contribution in [3.05, 3.63) is 0 Å². The maximum atomic E-state index is 9.44. The van der Waals surface area contributed by atoms with Crippen LogP contribution in [0.4, 0.5) is 0 Å². The second-order valence-electron chi connectivity index (χ2n) is 3.92. The van der Waals surface area contributed by atoms with Crippen LogP contribution in [0.25, 0.3) is 0 Å². The van der Waals surface area contributed by atoms with Gasteiger partial charge < -0.3 is 14.9 Å². The first-order valence-electron chi connectivity index (χ1n) is 4.54. The predicted octanol–water partition coefficient (Wildman–Crippen LogP) is 0.542. The Bertz CT molecular complexity index is 135. The lowest BCUT2D eigenvalue weighted by atomic mass is 9.93. The minimum Gasteiger partial charge on any atom is -0.390 e. The number of aliphatic hydroxyl groups is 2. The molecule has 1 rings (SSSR count). The average molecular weight is 174 g/mol. The van der Waals surface area contributed by atoms with E-state index in [0.717, 1.165) is 0 Å². The summed E-state index contributed by atoms with van der Waals surface area (Å²) in [4.78, 5) is 0. The van der Waals surface area contributed by atoms with Gasteiger partial charge in [-0.25, -0.2) is 0 Å². The molecule has 4 atom stereocenters. The number of hydrogen-bond donors (Lipinski definition) is 2. The van der Waals surface area contributed by atoms with Crippen molar-refractivity contribution < 1.29 is 14.9 Å². The zero-order valence-corrected chi connectivity index (χ0v) is 7.90. The first kappa shape index (κ1) is 9.96. The third-order valence-corrected chi connectivity index (χ3v) is 2.48. The summed E-state index contributed by atoms with van der Waals surface area (Å²) in [6.07, 6.45) is -0.968. The van der Waals surface area contributed by atoms with Gasteiger partial charge in [-0.2, -0.15) is 0 Å². The molecule has 1 saturated heterocycles. The highest BCUT2D eigenvalue weighted by Crippen LogP contribution is 2.24. The molecule has 0 aromatic rings. The van der Waals surface area contributed by atoms with Gasteiger partial charge in [-0.05, 0) is 12.8 Å². The highest BCUT2D eigenvalue weighted by molar-refractivity contribution is 4.84. The summed E-state index contributed by atoms with van der Waals surface area (Å²) < 4.78 is 5.52. The highest BCUT2D eigenvalue weighted by atomic mass is 16.5. The minimum absolute atomic E-state index is 0.0819. The van der Waals surface area contributed by atoms with Gasteiger partial charge in [-0.1, -0.05) is 13.8 Å². The van der Waals surface area contributed by atoms with Crippen molar-refractivity contribution in [1.82, 2.24) is 0 Å². The third kappa shape index (κ3) is 1.97. The maximum absolute atomic E-state index is 9.44. The van der Waals surface area contributed by atoms with Crippen LogP contribution >= 0.6 is 0 Å². The Kier molecular flexibility index (Phi) is 3.09. The summed E-state index contributed by atoms with van der Waals surface area (Å²) in [5, 5.41) is 18.8. The smallest absolute Gasteiger partial charge is 0.106 e. The summed E-state index contributed by atoms with van der Waals surface area (Å²) >= 11 is 0. The summed E-state index contributed by atoms with van der Waals surface area (Å²) in [6, 6.07) is 0. The van der Waals surface area contributed by atoms with E-state index in [0.29, 0.717) is 12.3 Å². The molecular formula is C9H18O3. The summed E-state index contributed by atoms with van der Waals surface area (Å²) in [7, 11) is 0. The van der Waals surface area contributed by atoms with Crippen molar-refractivity contribution in [2.45, 2.75) is 51.6 Å². The second-order valence-corrected chi connectivity index (χ2v) is 3.92. The quantitative estimate of drug-likeness (QED) is 0.610. The fourth-order valence-corrected chi connectivity index (χ4v) is 1.53. The van der Waals surface area contributed by atoms with E-state index in [2.05, 4.69) is 13.8 Å². The van der Waals surface area contributed by atoms with Crippen LogP contribution < -0.4 is 0 Å². The monoisotopic (exact) mass is 174 g/mol. The molecule has 1 aliphatic heterocycles. The van der Waals surface area contributed by atoms with E-state index in [9.17, 15) is 10.2 Å². The molecule has 12 heavy (non-hydrogen) atoms. The molecule has 72 valence electrons. The Morgan fingerprint density at radius 3 is 2.33 bits per heavy atom. The van der Waals surface area contributed by atoms with Crippen molar-refractivity contribution in [2.75, 3.05) is 0 Å². The standard InChI is InChI=1S/C9H18O3/c1-5(2)8-4-7(10)9(11)6(3)12-8/h5-11H,4H2,1-3H3/t6?,7-,8-,9+/m1/s1. The van der Waals surface area contributed by atoms with Crippen LogP contribution in [-0.2, 0) is 4.74 Å². The van der Waals surface area contributed by atoms with Gasteiger partial charge in [0, 0.05) is 6.42 Å². The van der Waals surface area contributed by atoms with Crippen LogP contribution in [0.3, 0.4) is 0 Å². The molecule has 1 heterocycles. The molecule has 3 nitrogen and oxygen atoms in total. The SMILES string of the molecule is CC(C)[C@H]1C[C@@H](O)[C@@H](O)C(C)O1. The van der Waals surface area contributed by atoms with Crippen molar-refractivity contribution in [2.24, 2.45) is 5.92 Å². The van der Waals surface area contributed by atoms with Gasteiger partial charge in [0.25, 0.3) is 0 Å². The molecule has 2 N–H and O–H groups in total. The van der Waals surface area contributed by atoms with E-state index < -0.39 is 12.2 Å². The number of rotatable bonds is 1. The summed E-state index contributed by atoms with van der Waals surface area (Å²) in [6.45, 7) is 5.91. The van der Waals surface area contributed by atoms with E-state index in [1.54, 1.807) is 6.92 Å². The molecule has 0 aliphatic carbocycles. The van der Waals surface area contributed by atoms with E-state index in [1.165, 1.54) is 0 Å². The van der Waals surface area contributed by atoms with Crippen molar-refractivity contribution in [3.63, 3.8) is 0 Å². The van der Waals surface area contributed by atoms with Crippen molar-refractivity contribution >= 4 is 0 Å². The molecule has 1 fully saturated rings. The Morgan fingerprint density at radius 1 is 1.33 bits per heavy atom. The second kappa shape index (κ2) is 3.73. The van der Waals surface area contributed by atoms with E-state index >= 15 is 0 Å². The van der Waals surface area contributed by atoms with Crippen molar-refractivity contribution in [3.8, 4) is 0 Å². The molecule has 1 unspecified atom stereocenters. The van der Waals surface area contributed by atoms with Crippen LogP contribution in [0.2, 0.25) is 0 Å². The number of aliphatic hydroxyl groups excluding tert-OH is 2. The van der Waals surface area contributed by atoms with Gasteiger partial charge in [-0.15, -0.1) is 0 Å². The van der Waals surface area contributed by atoms with Gasteiger partial charge in [-0.3, -0.25) is 0 Å². The lowest BCUT2D eigenvalue weighted by molar-refractivity contribution is -0.171. The molecular weight excluding hydrogens is 156 g/mol. The molecule has 0 radical (unpaired) electrons. The highest BCUT2D eigenvalue weighted by Gasteiger charge is 2.34. The van der Waals surface area contributed by atoms with Gasteiger partial charge in [0.1, 0.15) is 6.10 Å². The largest absolute Gasteiger partial charge is 0.390 e. The van der Waals surface area contributed by atoms with Crippen LogP contribution in [0.1, 0.15) is 27.2 Å². The normalized spacial score (nSPS) is 43.5. The van der Waals surface area contributed by atoms with E-state index in [1.807, 2.05) is 0 Å². The van der Waals surface area contributed by atoms with Crippen LogP contribution in [0.5, 0.6) is 0 Å². The molecule has 0 aromatic heterocycles. The minimum atomic E-state index is -0.722. The van der Waals surface area contributed by atoms with E-state index in [-0.39, 0.29) is 12.2 Å². The number of hydrogen-bond acceptors (Lipinski definition) is 3. The Labute approximate surface area is 73.4 Å². The number of ether oxygens (including phenoxy) is 1. The van der Waals surface area contributed by atoms with Gasteiger partial charge in [0.05, 0.1) is 18.3 Å². The zero-order chi connectivity index (χ0) is 9.30. The molecule has 0 aromatic carbocycles. The van der Waals surface area contributed by atoms with Gasteiger partial charge >= 0.3 is 0 Å².